The number of aromatic nitrogens is 3. The second-order valence-electron chi connectivity index (χ2n) is 13.0. The number of nitro groups is 1. The van der Waals surface area contributed by atoms with Gasteiger partial charge < -0.3 is 44.3 Å². The number of ether oxygens (including phenoxy) is 3. The van der Waals surface area contributed by atoms with Crippen molar-refractivity contribution in [1.82, 2.24) is 20.3 Å². The number of carbonyl (C=O) groups is 3. The number of hydrogen-bond acceptors (Lipinski definition) is 16. The summed E-state index contributed by atoms with van der Waals surface area (Å²) in [5, 5.41) is 27.2. The maximum atomic E-state index is 12.8. The second kappa shape index (κ2) is 26.0. The summed E-state index contributed by atoms with van der Waals surface area (Å²) in [6.45, 7) is 11.1. The van der Waals surface area contributed by atoms with E-state index in [2.05, 4.69) is 44.4 Å². The quantitative estimate of drug-likeness (QED) is 0.0408. The lowest BCUT2D eigenvalue weighted by Gasteiger charge is -2.20. The number of esters is 2. The molecule has 1 aromatic heterocycles. The van der Waals surface area contributed by atoms with Crippen LogP contribution in [-0.4, -0.2) is 104 Å². The van der Waals surface area contributed by atoms with Gasteiger partial charge in [0.05, 0.1) is 53.7 Å². The summed E-state index contributed by atoms with van der Waals surface area (Å²) in [7, 11) is -3.71. The summed E-state index contributed by atoms with van der Waals surface area (Å²) >= 11 is 11.6. The van der Waals surface area contributed by atoms with Gasteiger partial charge in [-0.25, -0.2) is 9.59 Å². The third-order valence-electron chi connectivity index (χ3n) is 5.79. The molecule has 0 saturated carbocycles. The zero-order valence-corrected chi connectivity index (χ0v) is 37.1. The predicted molar refractivity (Wildman–Crippen MR) is 219 cm³/mol. The molecule has 5 N–H and O–H groups in total. The SMILES string of the molecule is CCNc1nc(Cl)nc(NC(C)(C)C)n1.CCOC(=O)C(C)OC(=O)c1cc(Oc2ccc(C(F)(F)F)cc2Cl)ccc1[N+](=O)[O-].C[S+](C)C.O=C(O)CNCP(=O)([O-])O. The first-order valence-electron chi connectivity index (χ1n) is 17.1. The molecule has 1 heterocycles. The van der Waals surface area contributed by atoms with Crippen LogP contribution < -0.4 is 25.6 Å². The van der Waals surface area contributed by atoms with Gasteiger partial charge in [0, 0.05) is 24.2 Å². The fourth-order valence-electron chi connectivity index (χ4n) is 3.60. The van der Waals surface area contributed by atoms with Crippen LogP contribution in [0.4, 0.5) is 30.8 Å². The standard InChI is InChI=1S/C19H15ClF3NO7.C9H16ClN5.C3H8NO5P.C3H9S/c1-3-29-17(25)10(2)30-18(26)13-9-12(5-6-15(13)24(27)28)31-16-7-4-11(8-14(16)20)19(21,22)23;1-5-11-7-12-6(10)13-8(14-7)15-9(2,3)4;5-3(6)1-4-2-10(7,8)9;1-4(2)3/h4-10H,3H2,1-2H3;5H2,1-4H3,(H2,11,12,13,14,15);4H,1-2H2,(H,5,6)(H2,7,8,9);1-3H3/q;;;+1/p-1. The molecule has 0 amide bonds. The summed E-state index contributed by atoms with van der Waals surface area (Å²) in [6.07, 6.45) is -0.0672. The molecule has 3 rings (SSSR count). The summed E-state index contributed by atoms with van der Waals surface area (Å²) in [4.78, 5) is 74.3. The summed E-state index contributed by atoms with van der Waals surface area (Å²) < 4.78 is 63.2. The minimum absolute atomic E-state index is 0.0398. The van der Waals surface area contributed by atoms with Crippen LogP contribution in [0.3, 0.4) is 0 Å². The lowest BCUT2D eigenvalue weighted by atomic mass is 10.1. The van der Waals surface area contributed by atoms with Gasteiger partial charge in [-0.3, -0.25) is 20.2 Å². The molecule has 2 aromatic carbocycles. The summed E-state index contributed by atoms with van der Waals surface area (Å²) in [5.74, 6) is -2.56. The van der Waals surface area contributed by atoms with Crippen LogP contribution in [0.5, 0.6) is 11.5 Å². The van der Waals surface area contributed by atoms with Gasteiger partial charge in [0.1, 0.15) is 24.7 Å². The molecular weight excluding hydrogens is 889 g/mol. The maximum absolute atomic E-state index is 12.8. The lowest BCUT2D eigenvalue weighted by Crippen LogP contribution is -2.27. The minimum atomic E-state index is -4.61. The van der Waals surface area contributed by atoms with Crippen LogP contribution in [0.25, 0.3) is 0 Å². The molecule has 336 valence electrons. The Hall–Kier alpha value is -4.51. The highest BCUT2D eigenvalue weighted by Gasteiger charge is 2.31. The normalized spacial score (nSPS) is 12.3. The summed E-state index contributed by atoms with van der Waals surface area (Å²) in [6, 6.07) is 5.37. The van der Waals surface area contributed by atoms with E-state index in [9.17, 15) is 47.1 Å². The molecule has 0 aliphatic heterocycles. The van der Waals surface area contributed by atoms with Crippen LogP contribution in [0, 0.1) is 10.1 Å². The van der Waals surface area contributed by atoms with Crippen LogP contribution in [0.2, 0.25) is 10.3 Å². The molecule has 2 atom stereocenters. The van der Waals surface area contributed by atoms with E-state index in [0.29, 0.717) is 28.9 Å². The lowest BCUT2D eigenvalue weighted by molar-refractivity contribution is -0.385. The Kier molecular flexibility index (Phi) is 24.0. The highest BCUT2D eigenvalue weighted by Crippen LogP contribution is 2.37. The van der Waals surface area contributed by atoms with Gasteiger partial charge in [-0.1, -0.05) is 11.6 Å². The number of nitrogens with one attached hydrogen (secondary N) is 3. The molecule has 26 heteroatoms. The van der Waals surface area contributed by atoms with Crippen molar-refractivity contribution in [3.8, 4) is 11.5 Å². The molecule has 0 aliphatic carbocycles. The predicted octanol–water partition coefficient (Wildman–Crippen LogP) is 5.99. The molecule has 0 bridgehead atoms. The van der Waals surface area contributed by atoms with Crippen LogP contribution in [-0.2, 0) is 40.7 Å². The third kappa shape index (κ3) is 24.5. The monoisotopic (exact) mass is 935 g/mol. The number of halogens is 5. The zero-order chi connectivity index (χ0) is 46.6. The maximum Gasteiger partial charge on any atom is 0.416 e. The number of rotatable bonds is 14. The smallest absolute Gasteiger partial charge is 0.416 e. The van der Waals surface area contributed by atoms with Gasteiger partial charge in [0.25, 0.3) is 5.69 Å². The van der Waals surface area contributed by atoms with Crippen LogP contribution >= 0.6 is 30.8 Å². The first kappa shape index (κ1) is 55.5. The average molecular weight is 937 g/mol. The van der Waals surface area contributed by atoms with Gasteiger partial charge in [0.2, 0.25) is 17.2 Å². The number of carboxylic acid groups (broad SMARTS) is 1. The first-order chi connectivity index (χ1) is 27.5. The van der Waals surface area contributed by atoms with Gasteiger partial charge in [-0.05, 0) is 88.3 Å². The topological polar surface area (TPSA) is 277 Å². The van der Waals surface area contributed by atoms with Crippen molar-refractivity contribution < 1.29 is 66.1 Å². The highest BCUT2D eigenvalue weighted by molar-refractivity contribution is 7.94. The van der Waals surface area contributed by atoms with Crippen molar-refractivity contribution in [2.24, 2.45) is 0 Å². The number of nitrogens with zero attached hydrogens (tertiary/aromatic N) is 4. The number of carbonyl (C=O) groups excluding carboxylic acids is 2. The number of aliphatic carboxylic acids is 1. The molecule has 19 nitrogen and oxygen atoms in total. The molecule has 0 saturated heterocycles. The van der Waals surface area contributed by atoms with E-state index in [4.69, 9.17) is 47.4 Å². The Morgan fingerprint density at radius 1 is 1.02 bits per heavy atom. The largest absolute Gasteiger partial charge is 0.778 e. The molecule has 0 aliphatic rings. The average Bonchev–Trinajstić information content (AvgIpc) is 3.07. The van der Waals surface area contributed by atoms with Crippen molar-refractivity contribution in [2.75, 3.05) is 55.4 Å². The van der Waals surface area contributed by atoms with E-state index in [1.165, 1.54) is 6.92 Å². The van der Waals surface area contributed by atoms with E-state index >= 15 is 0 Å². The Morgan fingerprint density at radius 3 is 2.07 bits per heavy atom. The fourth-order valence-corrected chi connectivity index (χ4v) is 4.38. The van der Waals surface area contributed by atoms with E-state index in [0.717, 1.165) is 36.9 Å². The van der Waals surface area contributed by atoms with E-state index in [1.807, 2.05) is 33.0 Å². The number of nitro benzene ring substituents is 1. The molecule has 0 radical (unpaired) electrons. The third-order valence-corrected chi connectivity index (χ3v) is 6.88. The molecule has 2 unspecified atom stereocenters. The molecule has 3 aromatic rings. The molecular formula is C34H47Cl2F3N7O12PS. The van der Waals surface area contributed by atoms with Crippen molar-refractivity contribution in [1.29, 1.82) is 0 Å². The van der Waals surface area contributed by atoms with Crippen LogP contribution in [0.15, 0.2) is 36.4 Å². The van der Waals surface area contributed by atoms with Gasteiger partial charge in [0.15, 0.2) is 6.10 Å². The number of anilines is 2. The Labute approximate surface area is 356 Å². The van der Waals surface area contributed by atoms with Gasteiger partial charge in [-0.15, -0.1) is 0 Å². The van der Waals surface area contributed by atoms with Crippen molar-refractivity contribution >= 4 is 77.2 Å². The van der Waals surface area contributed by atoms with Crippen molar-refractivity contribution in [2.45, 2.75) is 59.4 Å². The fraction of sp³-hybridized carbons (Fsp3) is 0.471. The number of hydrogen-bond donors (Lipinski definition) is 5. The van der Waals surface area contributed by atoms with Gasteiger partial charge in [-0.2, -0.15) is 28.1 Å². The van der Waals surface area contributed by atoms with Crippen molar-refractivity contribution in [3.05, 3.63) is 67.9 Å². The zero-order valence-electron chi connectivity index (χ0n) is 33.9. The van der Waals surface area contributed by atoms with Crippen LogP contribution in [0.1, 0.15) is 57.5 Å². The van der Waals surface area contributed by atoms with E-state index in [1.54, 1.807) is 6.92 Å². The molecule has 0 fully saturated rings. The highest BCUT2D eigenvalue weighted by atomic mass is 35.5. The second-order valence-corrected chi connectivity index (χ2v) is 17.8. The molecule has 60 heavy (non-hydrogen) atoms. The Bertz CT molecular complexity index is 1940. The number of benzene rings is 2. The first-order valence-corrected chi connectivity index (χ1v) is 22.0. The number of carboxylic acids is 1. The Morgan fingerprint density at radius 2 is 1.60 bits per heavy atom. The van der Waals surface area contributed by atoms with Gasteiger partial charge >= 0.3 is 24.1 Å². The number of alkyl halides is 3. The molecule has 0 spiro atoms. The van der Waals surface area contributed by atoms with E-state index in [-0.39, 0.29) is 34.0 Å². The minimum Gasteiger partial charge on any atom is -0.778 e. The van der Waals surface area contributed by atoms with Crippen molar-refractivity contribution in [3.63, 3.8) is 0 Å². The Balaban J connectivity index is 0.000000986. The summed E-state index contributed by atoms with van der Waals surface area (Å²) in [5.41, 5.74) is -2.27. The van der Waals surface area contributed by atoms with E-state index < -0.39 is 72.4 Å².